The van der Waals surface area contributed by atoms with Crippen LogP contribution >= 0.6 is 11.6 Å². The standard InChI is InChI=1S/C13H12ClN3O3/c14-10-4-2-5-11(7-10)20-8-9-3-1-6-12(17(18)19)13(9)16-15/h1-7,16H,8,15H2. The topological polar surface area (TPSA) is 90.4 Å². The summed E-state index contributed by atoms with van der Waals surface area (Å²) in [7, 11) is 0. The largest absolute Gasteiger partial charge is 0.489 e. The number of para-hydroxylation sites is 1. The summed E-state index contributed by atoms with van der Waals surface area (Å²) in [4.78, 5) is 10.4. The number of benzene rings is 2. The van der Waals surface area contributed by atoms with Crippen LogP contribution in [0.1, 0.15) is 5.56 Å². The van der Waals surface area contributed by atoms with Crippen molar-refractivity contribution in [2.75, 3.05) is 5.43 Å². The lowest BCUT2D eigenvalue weighted by Crippen LogP contribution is -2.12. The Morgan fingerprint density at radius 1 is 1.30 bits per heavy atom. The fourth-order valence-electron chi connectivity index (χ4n) is 1.74. The minimum atomic E-state index is -0.502. The summed E-state index contributed by atoms with van der Waals surface area (Å²) < 4.78 is 5.55. The van der Waals surface area contributed by atoms with Crippen molar-refractivity contribution in [2.45, 2.75) is 6.61 Å². The lowest BCUT2D eigenvalue weighted by atomic mass is 10.1. The lowest BCUT2D eigenvalue weighted by Gasteiger charge is -2.11. The summed E-state index contributed by atoms with van der Waals surface area (Å²) >= 11 is 5.85. The van der Waals surface area contributed by atoms with Crippen LogP contribution in [0.25, 0.3) is 0 Å². The predicted molar refractivity (Wildman–Crippen MR) is 76.7 cm³/mol. The third-order valence-corrected chi connectivity index (χ3v) is 2.90. The quantitative estimate of drug-likeness (QED) is 0.502. The zero-order valence-corrected chi connectivity index (χ0v) is 11.1. The highest BCUT2D eigenvalue weighted by atomic mass is 35.5. The van der Waals surface area contributed by atoms with Crippen molar-refractivity contribution >= 4 is 23.0 Å². The summed E-state index contributed by atoms with van der Waals surface area (Å²) in [6.45, 7) is 0.140. The Hall–Kier alpha value is -2.31. The zero-order valence-electron chi connectivity index (χ0n) is 10.4. The number of nitrogens with zero attached hydrogens (tertiary/aromatic N) is 1. The van der Waals surface area contributed by atoms with E-state index in [0.717, 1.165) is 0 Å². The first-order valence-electron chi connectivity index (χ1n) is 5.73. The van der Waals surface area contributed by atoms with E-state index in [2.05, 4.69) is 5.43 Å². The van der Waals surface area contributed by atoms with Gasteiger partial charge in [0.25, 0.3) is 5.69 Å². The third-order valence-electron chi connectivity index (χ3n) is 2.66. The van der Waals surface area contributed by atoms with Crippen molar-refractivity contribution in [3.63, 3.8) is 0 Å². The third kappa shape index (κ3) is 3.17. The van der Waals surface area contributed by atoms with Gasteiger partial charge in [0.15, 0.2) is 0 Å². The number of nitrogens with two attached hydrogens (primary N) is 1. The smallest absolute Gasteiger partial charge is 0.294 e. The molecule has 0 aromatic heterocycles. The van der Waals surface area contributed by atoms with E-state index in [1.54, 1.807) is 36.4 Å². The monoisotopic (exact) mass is 293 g/mol. The number of nitro groups is 1. The molecule has 0 saturated carbocycles. The summed E-state index contributed by atoms with van der Waals surface area (Å²) in [5.41, 5.74) is 3.07. The first-order chi connectivity index (χ1) is 9.61. The normalized spacial score (nSPS) is 10.1. The molecule has 6 nitrogen and oxygen atoms in total. The highest BCUT2D eigenvalue weighted by Crippen LogP contribution is 2.28. The first-order valence-corrected chi connectivity index (χ1v) is 6.11. The van der Waals surface area contributed by atoms with Gasteiger partial charge >= 0.3 is 0 Å². The molecule has 0 spiro atoms. The SMILES string of the molecule is NNc1c(COc2cccc(Cl)c2)cccc1[N+](=O)[O-]. The number of nitrogens with one attached hydrogen (secondary N) is 1. The Labute approximate surface area is 120 Å². The van der Waals surface area contributed by atoms with Gasteiger partial charge in [-0.05, 0) is 18.2 Å². The van der Waals surface area contributed by atoms with E-state index in [1.807, 2.05) is 0 Å². The molecule has 0 bridgehead atoms. The van der Waals surface area contributed by atoms with E-state index < -0.39 is 4.92 Å². The lowest BCUT2D eigenvalue weighted by molar-refractivity contribution is -0.384. The second kappa shape index (κ2) is 6.23. The molecule has 2 aromatic rings. The van der Waals surface area contributed by atoms with Gasteiger partial charge in [-0.1, -0.05) is 29.8 Å². The summed E-state index contributed by atoms with van der Waals surface area (Å²) in [6.07, 6.45) is 0. The van der Waals surface area contributed by atoms with Crippen molar-refractivity contribution < 1.29 is 9.66 Å². The van der Waals surface area contributed by atoms with Crippen LogP contribution in [-0.2, 0) is 6.61 Å². The van der Waals surface area contributed by atoms with Gasteiger partial charge in [-0.3, -0.25) is 16.0 Å². The van der Waals surface area contributed by atoms with Gasteiger partial charge in [-0.15, -0.1) is 0 Å². The highest BCUT2D eigenvalue weighted by molar-refractivity contribution is 6.30. The van der Waals surface area contributed by atoms with Crippen molar-refractivity contribution in [3.05, 3.63) is 63.2 Å². The number of hydrogen-bond acceptors (Lipinski definition) is 5. The molecule has 2 rings (SSSR count). The molecule has 3 N–H and O–H groups in total. The summed E-state index contributed by atoms with van der Waals surface area (Å²) in [5.74, 6) is 5.93. The van der Waals surface area contributed by atoms with E-state index >= 15 is 0 Å². The molecule has 2 aromatic carbocycles. The zero-order chi connectivity index (χ0) is 14.5. The van der Waals surface area contributed by atoms with Crippen LogP contribution in [0.5, 0.6) is 5.75 Å². The van der Waals surface area contributed by atoms with Gasteiger partial charge in [0.05, 0.1) is 4.92 Å². The number of nitrogen functional groups attached to an aromatic ring is 1. The van der Waals surface area contributed by atoms with Gasteiger partial charge in [0.1, 0.15) is 18.0 Å². The number of anilines is 1. The van der Waals surface area contributed by atoms with Crippen molar-refractivity contribution in [1.29, 1.82) is 0 Å². The number of hydrazine groups is 1. The Bertz CT molecular complexity index is 634. The maximum absolute atomic E-state index is 10.9. The second-order valence-electron chi connectivity index (χ2n) is 3.96. The molecule has 0 atom stereocenters. The van der Waals surface area contributed by atoms with E-state index in [4.69, 9.17) is 22.2 Å². The Balaban J connectivity index is 2.21. The minimum Gasteiger partial charge on any atom is -0.489 e. The molecule has 104 valence electrons. The van der Waals surface area contributed by atoms with E-state index in [1.165, 1.54) is 6.07 Å². The highest BCUT2D eigenvalue weighted by Gasteiger charge is 2.16. The fourth-order valence-corrected chi connectivity index (χ4v) is 1.92. The van der Waals surface area contributed by atoms with Gasteiger partial charge in [-0.2, -0.15) is 0 Å². The molecular formula is C13H12ClN3O3. The molecule has 0 fully saturated rings. The maximum Gasteiger partial charge on any atom is 0.294 e. The molecule has 0 heterocycles. The summed E-state index contributed by atoms with van der Waals surface area (Å²) in [5, 5.41) is 11.5. The van der Waals surface area contributed by atoms with Crippen LogP contribution in [0.2, 0.25) is 5.02 Å². The van der Waals surface area contributed by atoms with Gasteiger partial charge < -0.3 is 10.2 Å². The Morgan fingerprint density at radius 3 is 2.70 bits per heavy atom. The van der Waals surface area contributed by atoms with Gasteiger partial charge in [-0.25, -0.2) is 0 Å². The molecule has 0 saturated heterocycles. The molecule has 0 radical (unpaired) electrons. The molecule has 0 aliphatic heterocycles. The van der Waals surface area contributed by atoms with Crippen molar-refractivity contribution in [3.8, 4) is 5.75 Å². The molecular weight excluding hydrogens is 282 g/mol. The van der Waals surface area contributed by atoms with Crippen LogP contribution in [0.3, 0.4) is 0 Å². The van der Waals surface area contributed by atoms with Crippen LogP contribution in [0, 0.1) is 10.1 Å². The molecule has 0 aliphatic rings. The molecule has 7 heteroatoms. The van der Waals surface area contributed by atoms with Crippen molar-refractivity contribution in [1.82, 2.24) is 0 Å². The van der Waals surface area contributed by atoms with Crippen LogP contribution in [-0.4, -0.2) is 4.92 Å². The summed E-state index contributed by atoms with van der Waals surface area (Å²) in [6, 6.07) is 11.6. The van der Waals surface area contributed by atoms with E-state index in [-0.39, 0.29) is 18.0 Å². The van der Waals surface area contributed by atoms with Crippen molar-refractivity contribution in [2.24, 2.45) is 5.84 Å². The van der Waals surface area contributed by atoms with Gasteiger partial charge in [0.2, 0.25) is 0 Å². The number of rotatable bonds is 5. The first kappa shape index (κ1) is 14.1. The Kier molecular flexibility index (Phi) is 4.39. The average Bonchev–Trinajstić information content (AvgIpc) is 2.44. The van der Waals surface area contributed by atoms with Crippen LogP contribution < -0.4 is 16.0 Å². The second-order valence-corrected chi connectivity index (χ2v) is 4.40. The van der Waals surface area contributed by atoms with E-state index in [9.17, 15) is 10.1 Å². The average molecular weight is 294 g/mol. The molecule has 0 unspecified atom stereocenters. The number of halogens is 1. The predicted octanol–water partition coefficient (Wildman–Crippen LogP) is 3.11. The van der Waals surface area contributed by atoms with Crippen LogP contribution in [0.15, 0.2) is 42.5 Å². The van der Waals surface area contributed by atoms with Gasteiger partial charge in [0, 0.05) is 16.7 Å². The van der Waals surface area contributed by atoms with E-state index in [0.29, 0.717) is 16.3 Å². The fraction of sp³-hybridized carbons (Fsp3) is 0.0769. The molecule has 0 amide bonds. The maximum atomic E-state index is 10.9. The minimum absolute atomic E-state index is 0.0975. The number of hydrogen-bond donors (Lipinski definition) is 2. The molecule has 0 aliphatic carbocycles. The Morgan fingerprint density at radius 2 is 2.05 bits per heavy atom. The number of ether oxygens (including phenoxy) is 1. The van der Waals surface area contributed by atoms with Crippen LogP contribution in [0.4, 0.5) is 11.4 Å². The number of nitro benzene ring substituents is 1. The molecule has 20 heavy (non-hydrogen) atoms.